The van der Waals surface area contributed by atoms with Gasteiger partial charge in [0.2, 0.25) is 5.91 Å². The molecule has 1 aliphatic heterocycles. The lowest BCUT2D eigenvalue weighted by molar-refractivity contribution is -0.134. The van der Waals surface area contributed by atoms with Gasteiger partial charge in [0.25, 0.3) is 5.91 Å². The van der Waals surface area contributed by atoms with Crippen molar-refractivity contribution in [1.82, 2.24) is 20.0 Å². The molecule has 172 valence electrons. The van der Waals surface area contributed by atoms with Crippen molar-refractivity contribution in [1.29, 1.82) is 0 Å². The summed E-state index contributed by atoms with van der Waals surface area (Å²) in [6.07, 6.45) is 7.74. The monoisotopic (exact) mass is 446 g/mol. The number of nitrogens with one attached hydrogen (secondary N) is 1. The highest BCUT2D eigenvalue weighted by Gasteiger charge is 2.48. The predicted octanol–water partition coefficient (Wildman–Crippen LogP) is 4.05. The van der Waals surface area contributed by atoms with Gasteiger partial charge in [-0.1, -0.05) is 49.6 Å². The number of rotatable bonds is 6. The number of fused-ring (bicyclic) bond motifs is 1. The highest BCUT2D eigenvalue weighted by molar-refractivity contribution is 6.00. The highest BCUT2D eigenvalue weighted by Crippen LogP contribution is 2.31. The van der Waals surface area contributed by atoms with E-state index in [9.17, 15) is 9.59 Å². The van der Waals surface area contributed by atoms with E-state index < -0.39 is 5.54 Å². The van der Waals surface area contributed by atoms with Crippen LogP contribution in [0.4, 0.5) is 0 Å². The van der Waals surface area contributed by atoms with E-state index in [2.05, 4.69) is 10.4 Å². The third-order valence-corrected chi connectivity index (χ3v) is 6.97. The fraction of sp³-hybridized carbons (Fsp3) is 0.423. The SMILES string of the molecule is C[C@@]1(C(=O)NC2CCCCC2)Cn2nc(-c3ccco3)cc2C(=O)N1CCc1ccccc1. The van der Waals surface area contributed by atoms with E-state index in [0.29, 0.717) is 36.7 Å². The zero-order chi connectivity index (χ0) is 22.8. The lowest BCUT2D eigenvalue weighted by atomic mass is 9.91. The number of hydrogen-bond acceptors (Lipinski definition) is 4. The second-order valence-corrected chi connectivity index (χ2v) is 9.32. The van der Waals surface area contributed by atoms with Crippen LogP contribution in [0.3, 0.4) is 0 Å². The largest absolute Gasteiger partial charge is 0.463 e. The lowest BCUT2D eigenvalue weighted by Gasteiger charge is -2.44. The van der Waals surface area contributed by atoms with Gasteiger partial charge in [0, 0.05) is 18.7 Å². The molecule has 2 aromatic heterocycles. The van der Waals surface area contributed by atoms with Gasteiger partial charge in [0.15, 0.2) is 5.76 Å². The summed E-state index contributed by atoms with van der Waals surface area (Å²) in [5.41, 5.74) is 1.19. The van der Waals surface area contributed by atoms with Crippen molar-refractivity contribution in [3.05, 3.63) is 66.1 Å². The Kier molecular flexibility index (Phi) is 5.79. The summed E-state index contributed by atoms with van der Waals surface area (Å²) < 4.78 is 7.15. The van der Waals surface area contributed by atoms with Crippen LogP contribution < -0.4 is 5.32 Å². The van der Waals surface area contributed by atoms with Crippen LogP contribution >= 0.6 is 0 Å². The number of furan rings is 1. The molecule has 2 aliphatic rings. The zero-order valence-electron chi connectivity index (χ0n) is 19.0. The summed E-state index contributed by atoms with van der Waals surface area (Å²) in [4.78, 5) is 29.1. The van der Waals surface area contributed by atoms with Gasteiger partial charge < -0.3 is 14.6 Å². The van der Waals surface area contributed by atoms with E-state index >= 15 is 0 Å². The average Bonchev–Trinajstić information content (AvgIpc) is 3.50. The molecule has 1 N–H and O–H groups in total. The number of hydrogen-bond donors (Lipinski definition) is 1. The molecule has 33 heavy (non-hydrogen) atoms. The Hall–Kier alpha value is -3.35. The Bertz CT molecular complexity index is 1120. The number of amides is 2. The minimum absolute atomic E-state index is 0.100. The van der Waals surface area contributed by atoms with Gasteiger partial charge in [-0.05, 0) is 43.9 Å². The van der Waals surface area contributed by atoms with Gasteiger partial charge >= 0.3 is 0 Å². The van der Waals surface area contributed by atoms with Crippen molar-refractivity contribution >= 4 is 11.8 Å². The van der Waals surface area contributed by atoms with E-state index in [1.165, 1.54) is 6.42 Å². The Balaban J connectivity index is 1.45. The molecule has 3 aromatic rings. The number of aromatic nitrogens is 2. The van der Waals surface area contributed by atoms with Crippen molar-refractivity contribution in [2.45, 2.75) is 63.6 Å². The van der Waals surface area contributed by atoms with E-state index in [1.807, 2.05) is 43.3 Å². The Morgan fingerprint density at radius 1 is 1.15 bits per heavy atom. The topological polar surface area (TPSA) is 80.4 Å². The van der Waals surface area contributed by atoms with Crippen LogP contribution in [-0.4, -0.2) is 44.6 Å². The third kappa shape index (κ3) is 4.19. The van der Waals surface area contributed by atoms with Crippen molar-refractivity contribution in [3.63, 3.8) is 0 Å². The predicted molar refractivity (Wildman–Crippen MR) is 125 cm³/mol. The molecule has 1 atom stereocenters. The molecular formula is C26H30N4O3. The van der Waals surface area contributed by atoms with E-state index in [1.54, 1.807) is 28.0 Å². The van der Waals surface area contributed by atoms with Crippen LogP contribution in [-0.2, 0) is 17.8 Å². The van der Waals surface area contributed by atoms with Crippen LogP contribution in [0, 0.1) is 0 Å². The van der Waals surface area contributed by atoms with Crippen LogP contribution in [0.1, 0.15) is 55.1 Å². The van der Waals surface area contributed by atoms with Crippen molar-refractivity contribution in [3.8, 4) is 11.5 Å². The number of carbonyl (C=O) groups is 2. The first-order valence-electron chi connectivity index (χ1n) is 11.8. The summed E-state index contributed by atoms with van der Waals surface area (Å²) in [6.45, 7) is 2.63. The summed E-state index contributed by atoms with van der Waals surface area (Å²) in [6, 6.07) is 15.6. The summed E-state index contributed by atoms with van der Waals surface area (Å²) in [7, 11) is 0. The lowest BCUT2D eigenvalue weighted by Crippen LogP contribution is -2.65. The fourth-order valence-corrected chi connectivity index (χ4v) is 5.01. The van der Waals surface area contributed by atoms with Gasteiger partial charge in [-0.2, -0.15) is 5.10 Å². The molecule has 5 rings (SSSR count). The maximum atomic E-state index is 13.7. The highest BCUT2D eigenvalue weighted by atomic mass is 16.3. The molecular weight excluding hydrogens is 416 g/mol. The summed E-state index contributed by atoms with van der Waals surface area (Å²) in [5, 5.41) is 7.87. The Morgan fingerprint density at radius 2 is 1.94 bits per heavy atom. The summed E-state index contributed by atoms with van der Waals surface area (Å²) in [5.74, 6) is 0.328. The van der Waals surface area contributed by atoms with Crippen molar-refractivity contribution in [2.75, 3.05) is 6.54 Å². The van der Waals surface area contributed by atoms with Crippen LogP contribution in [0.2, 0.25) is 0 Å². The van der Waals surface area contributed by atoms with Crippen LogP contribution in [0.5, 0.6) is 0 Å². The molecule has 1 aromatic carbocycles. The molecule has 3 heterocycles. The van der Waals surface area contributed by atoms with Gasteiger partial charge in [0.1, 0.15) is 16.9 Å². The molecule has 0 unspecified atom stereocenters. The normalized spacial score (nSPS) is 21.1. The molecule has 0 saturated heterocycles. The van der Waals surface area contributed by atoms with E-state index in [4.69, 9.17) is 4.42 Å². The first-order valence-corrected chi connectivity index (χ1v) is 11.8. The quantitative estimate of drug-likeness (QED) is 0.620. The van der Waals surface area contributed by atoms with Crippen molar-refractivity contribution in [2.24, 2.45) is 0 Å². The van der Waals surface area contributed by atoms with Gasteiger partial charge in [0.05, 0.1) is 12.8 Å². The van der Waals surface area contributed by atoms with Crippen molar-refractivity contribution < 1.29 is 14.0 Å². The molecule has 7 nitrogen and oxygen atoms in total. The first-order chi connectivity index (χ1) is 16.0. The van der Waals surface area contributed by atoms with Crippen LogP contribution in [0.15, 0.2) is 59.2 Å². The van der Waals surface area contributed by atoms with E-state index in [-0.39, 0.29) is 17.9 Å². The molecule has 7 heteroatoms. The third-order valence-electron chi connectivity index (χ3n) is 6.97. The standard InChI is InChI=1S/C26H30N4O3/c1-26(25(32)27-20-11-6-3-7-12-20)18-30-22(17-21(28-30)23-13-8-16-33-23)24(31)29(26)15-14-19-9-4-2-5-10-19/h2,4-5,8-10,13,16-17,20H,3,6-7,11-12,14-15,18H2,1H3,(H,27,32)/t26-/m0/s1. The van der Waals surface area contributed by atoms with Gasteiger partial charge in [-0.3, -0.25) is 14.3 Å². The minimum Gasteiger partial charge on any atom is -0.463 e. The molecule has 1 aliphatic carbocycles. The van der Waals surface area contributed by atoms with Gasteiger partial charge in [-0.25, -0.2) is 0 Å². The first kappa shape index (κ1) is 21.5. The number of benzene rings is 1. The molecule has 1 fully saturated rings. The van der Waals surface area contributed by atoms with Gasteiger partial charge in [-0.15, -0.1) is 0 Å². The van der Waals surface area contributed by atoms with Crippen LogP contribution in [0.25, 0.3) is 11.5 Å². The fourth-order valence-electron chi connectivity index (χ4n) is 5.01. The molecule has 2 amide bonds. The maximum absolute atomic E-state index is 13.7. The Labute approximate surface area is 193 Å². The minimum atomic E-state index is -1.03. The number of nitrogens with zero attached hydrogens (tertiary/aromatic N) is 3. The molecule has 0 bridgehead atoms. The second-order valence-electron chi connectivity index (χ2n) is 9.32. The smallest absolute Gasteiger partial charge is 0.273 e. The Morgan fingerprint density at radius 3 is 2.67 bits per heavy atom. The average molecular weight is 447 g/mol. The molecule has 0 radical (unpaired) electrons. The maximum Gasteiger partial charge on any atom is 0.273 e. The molecule has 0 spiro atoms. The number of carbonyl (C=O) groups excluding carboxylic acids is 2. The van der Waals surface area contributed by atoms with E-state index in [0.717, 1.165) is 31.2 Å². The summed E-state index contributed by atoms with van der Waals surface area (Å²) >= 11 is 0. The zero-order valence-corrected chi connectivity index (χ0v) is 19.0. The second kappa shape index (κ2) is 8.89. The molecule has 1 saturated carbocycles.